The van der Waals surface area contributed by atoms with Crippen molar-refractivity contribution in [2.24, 2.45) is 5.92 Å². The molecule has 6 heteroatoms. The van der Waals surface area contributed by atoms with Crippen LogP contribution in [0.25, 0.3) is 0 Å². The van der Waals surface area contributed by atoms with Gasteiger partial charge in [0.1, 0.15) is 12.5 Å². The first-order chi connectivity index (χ1) is 8.09. The predicted molar refractivity (Wildman–Crippen MR) is 64.0 cm³/mol. The van der Waals surface area contributed by atoms with E-state index in [4.69, 9.17) is 9.84 Å². The Kier molecular flexibility index (Phi) is 5.48. The lowest BCUT2D eigenvalue weighted by Crippen LogP contribution is -2.24. The van der Waals surface area contributed by atoms with Crippen LogP contribution >= 0.6 is 11.8 Å². The molecule has 5 nitrogen and oxygen atoms in total. The summed E-state index contributed by atoms with van der Waals surface area (Å²) >= 11 is 0.983. The van der Waals surface area contributed by atoms with Gasteiger partial charge in [0, 0.05) is 24.9 Å². The van der Waals surface area contributed by atoms with Gasteiger partial charge < -0.3 is 9.84 Å². The molecule has 1 heterocycles. The van der Waals surface area contributed by atoms with Crippen LogP contribution in [-0.2, 0) is 9.59 Å². The zero-order valence-corrected chi connectivity index (χ0v) is 10.1. The molecule has 1 rings (SSSR count). The number of carboxylic acids is 1. The van der Waals surface area contributed by atoms with Crippen LogP contribution in [0, 0.1) is 5.92 Å². The summed E-state index contributed by atoms with van der Waals surface area (Å²) in [7, 11) is 0. The minimum atomic E-state index is -0.977. The summed E-state index contributed by atoms with van der Waals surface area (Å²) in [5, 5.41) is 8.84. The largest absolute Gasteiger partial charge is 0.481 e. The van der Waals surface area contributed by atoms with E-state index in [0.29, 0.717) is 5.88 Å². The third-order valence-corrected chi connectivity index (χ3v) is 2.88. The second-order valence-corrected chi connectivity index (χ2v) is 4.51. The van der Waals surface area contributed by atoms with Gasteiger partial charge >= 0.3 is 5.97 Å². The molecule has 0 aliphatic carbocycles. The second kappa shape index (κ2) is 6.90. The van der Waals surface area contributed by atoms with E-state index in [-0.39, 0.29) is 17.5 Å². The van der Waals surface area contributed by atoms with Crippen molar-refractivity contribution >= 4 is 22.8 Å². The lowest BCUT2D eigenvalue weighted by atomic mass is 10.2. The van der Waals surface area contributed by atoms with E-state index in [1.807, 2.05) is 0 Å². The third kappa shape index (κ3) is 5.35. The smallest absolute Gasteiger partial charge is 0.310 e. The normalized spacial score (nSPS) is 11.8. The Hall–Kier alpha value is -1.56. The number of hydrogen-bond acceptors (Lipinski definition) is 5. The van der Waals surface area contributed by atoms with Crippen LogP contribution in [0.3, 0.4) is 0 Å². The first kappa shape index (κ1) is 13.5. The van der Waals surface area contributed by atoms with Crippen molar-refractivity contribution in [2.45, 2.75) is 6.92 Å². The molecule has 0 aliphatic rings. The van der Waals surface area contributed by atoms with Gasteiger partial charge in [-0.05, 0) is 6.07 Å². The molecule has 0 saturated heterocycles. The molecule has 0 aliphatic heterocycles. The van der Waals surface area contributed by atoms with Gasteiger partial charge in [0.2, 0.25) is 5.88 Å². The summed E-state index contributed by atoms with van der Waals surface area (Å²) in [6, 6.07) is 5.15. The van der Waals surface area contributed by atoms with Crippen LogP contribution in [-0.4, -0.2) is 33.5 Å². The molecule has 0 fully saturated rings. The van der Waals surface area contributed by atoms with E-state index in [1.165, 1.54) is 6.92 Å². The molecule has 0 amide bonds. The molecular formula is C11H13NO4S. The summed E-state index contributed by atoms with van der Waals surface area (Å²) < 4.78 is 5.25. The number of aromatic nitrogens is 1. The van der Waals surface area contributed by atoms with Crippen molar-refractivity contribution in [3.05, 3.63) is 24.4 Å². The van der Waals surface area contributed by atoms with E-state index < -0.39 is 11.9 Å². The minimum absolute atomic E-state index is 0.00657. The number of pyridine rings is 1. The highest BCUT2D eigenvalue weighted by molar-refractivity contribution is 8.13. The number of carboxylic acid groups (broad SMARTS) is 1. The Balaban J connectivity index is 2.45. The lowest BCUT2D eigenvalue weighted by molar-refractivity contribution is -0.141. The van der Waals surface area contributed by atoms with Gasteiger partial charge in [0.25, 0.3) is 0 Å². The summed E-state index contributed by atoms with van der Waals surface area (Å²) in [5.41, 5.74) is 0. The topological polar surface area (TPSA) is 76.5 Å². The maximum absolute atomic E-state index is 10.9. The Morgan fingerprint density at radius 3 is 2.82 bits per heavy atom. The van der Waals surface area contributed by atoms with Crippen molar-refractivity contribution in [3.8, 4) is 5.88 Å². The molecule has 92 valence electrons. The molecule has 1 atom stereocenters. The average Bonchev–Trinajstić information content (AvgIpc) is 2.29. The molecule has 1 aromatic heterocycles. The van der Waals surface area contributed by atoms with Crippen LogP contribution in [0.15, 0.2) is 24.4 Å². The van der Waals surface area contributed by atoms with E-state index in [0.717, 1.165) is 11.8 Å². The maximum Gasteiger partial charge on any atom is 0.310 e. The van der Waals surface area contributed by atoms with Gasteiger partial charge in [-0.2, -0.15) is 0 Å². The Bertz CT molecular complexity index is 382. The molecular weight excluding hydrogens is 242 g/mol. The summed E-state index contributed by atoms with van der Waals surface area (Å²) in [6.07, 6.45) is 1.56. The highest BCUT2D eigenvalue weighted by Crippen LogP contribution is 2.12. The van der Waals surface area contributed by atoms with Gasteiger partial charge in [-0.3, -0.25) is 9.59 Å². The van der Waals surface area contributed by atoms with Crippen molar-refractivity contribution in [1.82, 2.24) is 4.98 Å². The monoisotopic (exact) mass is 255 g/mol. The second-order valence-electron chi connectivity index (χ2n) is 3.32. The van der Waals surface area contributed by atoms with Gasteiger partial charge in [-0.15, -0.1) is 0 Å². The minimum Gasteiger partial charge on any atom is -0.481 e. The van der Waals surface area contributed by atoms with Gasteiger partial charge in [-0.25, -0.2) is 4.98 Å². The van der Waals surface area contributed by atoms with Gasteiger partial charge in [0.05, 0.1) is 0 Å². The summed E-state index contributed by atoms with van der Waals surface area (Å²) in [6.45, 7) is 1.41. The molecule has 1 unspecified atom stereocenters. The number of thioether (sulfide) groups is 1. The molecule has 0 aromatic carbocycles. The lowest BCUT2D eigenvalue weighted by Gasteiger charge is -2.11. The molecule has 0 spiro atoms. The van der Waals surface area contributed by atoms with Gasteiger partial charge in [0.15, 0.2) is 5.12 Å². The number of hydrogen-bond donors (Lipinski definition) is 1. The molecule has 0 radical (unpaired) electrons. The molecule has 0 bridgehead atoms. The first-order valence-electron chi connectivity index (χ1n) is 4.99. The first-order valence-corrected chi connectivity index (χ1v) is 5.98. The number of ether oxygens (including phenoxy) is 1. The maximum atomic E-state index is 10.9. The molecule has 0 saturated carbocycles. The van der Waals surface area contributed by atoms with E-state index >= 15 is 0 Å². The fraction of sp³-hybridized carbons (Fsp3) is 0.364. The van der Waals surface area contributed by atoms with Crippen molar-refractivity contribution in [2.75, 3.05) is 12.4 Å². The van der Waals surface area contributed by atoms with Crippen molar-refractivity contribution < 1.29 is 19.4 Å². The number of carbonyl (C=O) groups is 2. The zero-order chi connectivity index (χ0) is 12.7. The number of rotatable bonds is 6. The highest BCUT2D eigenvalue weighted by Gasteiger charge is 2.19. The average molecular weight is 255 g/mol. The van der Waals surface area contributed by atoms with E-state index in [1.54, 1.807) is 24.4 Å². The third-order valence-electron chi connectivity index (χ3n) is 1.91. The number of aliphatic carboxylic acids is 1. The number of carbonyl (C=O) groups excluding carboxylic acids is 1. The SMILES string of the molecule is CC(=O)SCC(COc1ccccn1)C(=O)O. The van der Waals surface area contributed by atoms with E-state index in [2.05, 4.69) is 4.98 Å². The van der Waals surface area contributed by atoms with Crippen LogP contribution in [0.2, 0.25) is 0 Å². The Morgan fingerprint density at radius 1 is 1.53 bits per heavy atom. The highest BCUT2D eigenvalue weighted by atomic mass is 32.2. The van der Waals surface area contributed by atoms with Gasteiger partial charge in [-0.1, -0.05) is 17.8 Å². The molecule has 1 N–H and O–H groups in total. The summed E-state index contributed by atoms with van der Waals surface area (Å²) in [5.74, 6) is -1.11. The quantitative estimate of drug-likeness (QED) is 0.829. The summed E-state index contributed by atoms with van der Waals surface area (Å²) in [4.78, 5) is 25.6. The Labute approximate surface area is 103 Å². The van der Waals surface area contributed by atoms with Crippen LogP contribution in [0.4, 0.5) is 0 Å². The fourth-order valence-electron chi connectivity index (χ4n) is 1.03. The van der Waals surface area contributed by atoms with Crippen molar-refractivity contribution in [1.29, 1.82) is 0 Å². The van der Waals surface area contributed by atoms with Crippen LogP contribution in [0.1, 0.15) is 6.92 Å². The Morgan fingerprint density at radius 2 is 2.29 bits per heavy atom. The zero-order valence-electron chi connectivity index (χ0n) is 9.33. The fourth-order valence-corrected chi connectivity index (χ4v) is 1.70. The van der Waals surface area contributed by atoms with Crippen LogP contribution in [0.5, 0.6) is 5.88 Å². The number of nitrogens with zero attached hydrogens (tertiary/aromatic N) is 1. The standard InChI is InChI=1S/C11H13NO4S/c1-8(13)17-7-9(11(14)15)6-16-10-4-2-3-5-12-10/h2-5,9H,6-7H2,1H3,(H,14,15). The van der Waals surface area contributed by atoms with E-state index in [9.17, 15) is 9.59 Å². The molecule has 1 aromatic rings. The molecule has 17 heavy (non-hydrogen) atoms. The van der Waals surface area contributed by atoms with Crippen molar-refractivity contribution in [3.63, 3.8) is 0 Å². The predicted octanol–water partition coefficient (Wildman–Crippen LogP) is 1.44. The van der Waals surface area contributed by atoms with Crippen LogP contribution < -0.4 is 4.74 Å².